The zero-order chi connectivity index (χ0) is 16.8. The summed E-state index contributed by atoms with van der Waals surface area (Å²) in [4.78, 5) is 23.8. The molecule has 3 N–H and O–H groups in total. The van der Waals surface area contributed by atoms with Gasteiger partial charge in [0.2, 0.25) is 0 Å². The molecule has 0 saturated heterocycles. The standard InChI is InChI=1S/C18H20N2O3/c1-3-12(2)23-14-8-6-7-13(11-14)18(22)20-16-10-5-4-9-15(16)17(19)21/h4-12H,3H2,1-2H3,(H2,19,21)(H,20,22). The van der Waals surface area contributed by atoms with Crippen LogP contribution in [-0.2, 0) is 0 Å². The molecule has 1 atom stereocenters. The van der Waals surface area contributed by atoms with Gasteiger partial charge in [0.25, 0.3) is 11.8 Å². The summed E-state index contributed by atoms with van der Waals surface area (Å²) in [6, 6.07) is 13.5. The highest BCUT2D eigenvalue weighted by Crippen LogP contribution is 2.19. The molecule has 23 heavy (non-hydrogen) atoms. The number of carbonyl (C=O) groups excluding carboxylic acids is 2. The van der Waals surface area contributed by atoms with Gasteiger partial charge in [-0.25, -0.2) is 0 Å². The largest absolute Gasteiger partial charge is 0.491 e. The molecule has 0 bridgehead atoms. The van der Waals surface area contributed by atoms with Crippen LogP contribution in [0.15, 0.2) is 48.5 Å². The van der Waals surface area contributed by atoms with Crippen LogP contribution in [-0.4, -0.2) is 17.9 Å². The van der Waals surface area contributed by atoms with Crippen molar-refractivity contribution in [3.63, 3.8) is 0 Å². The lowest BCUT2D eigenvalue weighted by molar-refractivity contribution is 0.100. The van der Waals surface area contributed by atoms with Crippen molar-refractivity contribution in [1.82, 2.24) is 0 Å². The average molecular weight is 312 g/mol. The summed E-state index contributed by atoms with van der Waals surface area (Å²) in [5.41, 5.74) is 6.42. The van der Waals surface area contributed by atoms with E-state index in [1.54, 1.807) is 48.5 Å². The van der Waals surface area contributed by atoms with Crippen LogP contribution >= 0.6 is 0 Å². The molecule has 2 rings (SSSR count). The maximum atomic E-state index is 12.4. The molecule has 0 aliphatic heterocycles. The number of amides is 2. The van der Waals surface area contributed by atoms with E-state index in [0.717, 1.165) is 6.42 Å². The van der Waals surface area contributed by atoms with Gasteiger partial charge in [0.15, 0.2) is 0 Å². The number of carbonyl (C=O) groups is 2. The van der Waals surface area contributed by atoms with Gasteiger partial charge in [-0.2, -0.15) is 0 Å². The number of nitrogens with one attached hydrogen (secondary N) is 1. The van der Waals surface area contributed by atoms with Crippen molar-refractivity contribution in [2.75, 3.05) is 5.32 Å². The number of para-hydroxylation sites is 1. The minimum atomic E-state index is -0.588. The van der Waals surface area contributed by atoms with Crippen LogP contribution in [0, 0.1) is 0 Å². The maximum Gasteiger partial charge on any atom is 0.255 e. The molecule has 0 aliphatic rings. The number of anilines is 1. The van der Waals surface area contributed by atoms with Gasteiger partial charge in [-0.1, -0.05) is 25.1 Å². The van der Waals surface area contributed by atoms with Gasteiger partial charge < -0.3 is 15.8 Å². The van der Waals surface area contributed by atoms with Crippen LogP contribution in [0.4, 0.5) is 5.69 Å². The normalized spacial score (nSPS) is 11.6. The molecule has 0 aromatic heterocycles. The Morgan fingerprint density at radius 1 is 1.17 bits per heavy atom. The topological polar surface area (TPSA) is 81.4 Å². The Morgan fingerprint density at radius 3 is 2.61 bits per heavy atom. The van der Waals surface area contributed by atoms with Crippen LogP contribution in [0.2, 0.25) is 0 Å². The first-order chi connectivity index (χ1) is 11.0. The Bertz CT molecular complexity index is 713. The molecule has 0 spiro atoms. The molecule has 2 aromatic rings. The lowest BCUT2D eigenvalue weighted by Gasteiger charge is -2.13. The summed E-state index contributed by atoms with van der Waals surface area (Å²) in [5, 5.41) is 2.71. The van der Waals surface area contributed by atoms with E-state index in [-0.39, 0.29) is 17.6 Å². The van der Waals surface area contributed by atoms with Gasteiger partial charge in [-0.05, 0) is 43.7 Å². The van der Waals surface area contributed by atoms with Crippen LogP contribution in [0.1, 0.15) is 41.0 Å². The summed E-state index contributed by atoms with van der Waals surface area (Å²) in [7, 11) is 0. The maximum absolute atomic E-state index is 12.4. The third kappa shape index (κ3) is 4.32. The zero-order valence-electron chi connectivity index (χ0n) is 13.2. The first-order valence-electron chi connectivity index (χ1n) is 7.48. The lowest BCUT2D eigenvalue weighted by atomic mass is 10.1. The number of primary amides is 1. The molecule has 0 saturated carbocycles. The molecule has 2 amide bonds. The second kappa shape index (κ2) is 7.45. The van der Waals surface area contributed by atoms with E-state index in [1.807, 2.05) is 13.8 Å². The lowest BCUT2D eigenvalue weighted by Crippen LogP contribution is -2.18. The molecular weight excluding hydrogens is 292 g/mol. The van der Waals surface area contributed by atoms with Gasteiger partial charge in [0.1, 0.15) is 5.75 Å². The van der Waals surface area contributed by atoms with E-state index < -0.39 is 5.91 Å². The second-order valence-electron chi connectivity index (χ2n) is 5.23. The fraction of sp³-hybridized carbons (Fsp3) is 0.222. The van der Waals surface area contributed by atoms with Gasteiger partial charge >= 0.3 is 0 Å². The molecule has 5 nitrogen and oxygen atoms in total. The van der Waals surface area contributed by atoms with Crippen molar-refractivity contribution in [3.8, 4) is 5.75 Å². The van der Waals surface area contributed by atoms with Gasteiger partial charge in [-0.15, -0.1) is 0 Å². The van der Waals surface area contributed by atoms with E-state index in [4.69, 9.17) is 10.5 Å². The third-order valence-corrected chi connectivity index (χ3v) is 3.45. The molecular formula is C18H20N2O3. The minimum absolute atomic E-state index is 0.0731. The summed E-state index contributed by atoms with van der Waals surface area (Å²) >= 11 is 0. The number of benzene rings is 2. The first kappa shape index (κ1) is 16.5. The Kier molecular flexibility index (Phi) is 5.36. The van der Waals surface area contributed by atoms with Gasteiger partial charge in [0.05, 0.1) is 17.4 Å². The number of hydrogen-bond acceptors (Lipinski definition) is 3. The predicted octanol–water partition coefficient (Wildman–Crippen LogP) is 3.22. The smallest absolute Gasteiger partial charge is 0.255 e. The number of hydrogen-bond donors (Lipinski definition) is 2. The van der Waals surface area contributed by atoms with E-state index in [9.17, 15) is 9.59 Å². The Hall–Kier alpha value is -2.82. The van der Waals surface area contributed by atoms with Crippen molar-refractivity contribution < 1.29 is 14.3 Å². The Morgan fingerprint density at radius 2 is 1.91 bits per heavy atom. The zero-order valence-corrected chi connectivity index (χ0v) is 13.2. The molecule has 0 radical (unpaired) electrons. The molecule has 0 fully saturated rings. The molecule has 5 heteroatoms. The Labute approximate surface area is 135 Å². The summed E-state index contributed by atoms with van der Waals surface area (Å²) in [5.74, 6) is -0.279. The third-order valence-electron chi connectivity index (χ3n) is 3.45. The van der Waals surface area contributed by atoms with Crippen molar-refractivity contribution in [2.45, 2.75) is 26.4 Å². The molecule has 0 heterocycles. The van der Waals surface area contributed by atoms with E-state index in [0.29, 0.717) is 17.0 Å². The van der Waals surface area contributed by atoms with Crippen LogP contribution in [0.25, 0.3) is 0 Å². The average Bonchev–Trinajstić information content (AvgIpc) is 2.55. The Balaban J connectivity index is 2.18. The van der Waals surface area contributed by atoms with Crippen LogP contribution < -0.4 is 15.8 Å². The van der Waals surface area contributed by atoms with Gasteiger partial charge in [0, 0.05) is 5.56 Å². The van der Waals surface area contributed by atoms with Gasteiger partial charge in [-0.3, -0.25) is 9.59 Å². The summed E-state index contributed by atoms with van der Waals surface area (Å²) in [6.45, 7) is 4.00. The fourth-order valence-corrected chi connectivity index (χ4v) is 2.03. The SMILES string of the molecule is CCC(C)Oc1cccc(C(=O)Nc2ccccc2C(N)=O)c1. The predicted molar refractivity (Wildman–Crippen MR) is 89.7 cm³/mol. The number of rotatable bonds is 6. The summed E-state index contributed by atoms with van der Waals surface area (Å²) < 4.78 is 5.71. The minimum Gasteiger partial charge on any atom is -0.491 e. The van der Waals surface area contributed by atoms with E-state index >= 15 is 0 Å². The molecule has 120 valence electrons. The molecule has 2 aromatic carbocycles. The van der Waals surface area contributed by atoms with Crippen molar-refractivity contribution >= 4 is 17.5 Å². The highest BCUT2D eigenvalue weighted by molar-refractivity contribution is 6.08. The highest BCUT2D eigenvalue weighted by Gasteiger charge is 2.12. The first-order valence-corrected chi connectivity index (χ1v) is 7.48. The molecule has 0 aliphatic carbocycles. The monoisotopic (exact) mass is 312 g/mol. The van der Waals surface area contributed by atoms with E-state index in [1.165, 1.54) is 0 Å². The molecule has 1 unspecified atom stereocenters. The van der Waals surface area contributed by atoms with E-state index in [2.05, 4.69) is 5.32 Å². The van der Waals surface area contributed by atoms with Crippen molar-refractivity contribution in [2.24, 2.45) is 5.73 Å². The highest BCUT2D eigenvalue weighted by atomic mass is 16.5. The fourth-order valence-electron chi connectivity index (χ4n) is 2.03. The number of nitrogens with two attached hydrogens (primary N) is 1. The van der Waals surface area contributed by atoms with Crippen molar-refractivity contribution in [3.05, 3.63) is 59.7 Å². The van der Waals surface area contributed by atoms with Crippen LogP contribution in [0.5, 0.6) is 5.75 Å². The summed E-state index contributed by atoms with van der Waals surface area (Å²) in [6.07, 6.45) is 0.950. The second-order valence-corrected chi connectivity index (χ2v) is 5.23. The number of ether oxygens (including phenoxy) is 1. The quantitative estimate of drug-likeness (QED) is 0.859. The van der Waals surface area contributed by atoms with Crippen LogP contribution in [0.3, 0.4) is 0 Å². The van der Waals surface area contributed by atoms with Crippen molar-refractivity contribution in [1.29, 1.82) is 0 Å².